The molecule has 0 spiro atoms. The van der Waals surface area contributed by atoms with E-state index in [2.05, 4.69) is 24.1 Å². The Morgan fingerprint density at radius 3 is 3.06 bits per heavy atom. The van der Waals surface area contributed by atoms with Crippen LogP contribution in [-0.4, -0.2) is 21.4 Å². The van der Waals surface area contributed by atoms with E-state index in [1.54, 1.807) is 11.8 Å². The Bertz CT molecular complexity index is 430. The molecule has 1 N–H and O–H groups in total. The molecule has 0 radical (unpaired) electrons. The molecule has 0 saturated carbocycles. The van der Waals surface area contributed by atoms with Gasteiger partial charge < -0.3 is 5.32 Å². The van der Waals surface area contributed by atoms with Crippen molar-refractivity contribution in [3.63, 3.8) is 0 Å². The van der Waals surface area contributed by atoms with Crippen molar-refractivity contribution in [1.82, 2.24) is 4.98 Å². The molecular weight excluding hydrogens is 230 g/mol. The van der Waals surface area contributed by atoms with Crippen molar-refractivity contribution in [2.45, 2.75) is 39.2 Å². The van der Waals surface area contributed by atoms with E-state index in [0.29, 0.717) is 0 Å². The van der Waals surface area contributed by atoms with Gasteiger partial charge in [-0.15, -0.1) is 0 Å². The summed E-state index contributed by atoms with van der Waals surface area (Å²) in [6.45, 7) is 6.44. The first kappa shape index (κ1) is 12.4. The minimum atomic E-state index is 0.101. The van der Waals surface area contributed by atoms with Crippen LogP contribution >= 0.6 is 11.8 Å². The Kier molecular flexibility index (Phi) is 3.72. The number of aromatic nitrogens is 1. The standard InChI is InChI=1S/C13H19N3S/c1-4-13(3)7-9-17-12(16-13)15-11-6-5-8-14-10(11)2/h5-6,8H,4,7,9H2,1-3H3,(H,15,16). The molecule has 0 aromatic carbocycles. The van der Waals surface area contributed by atoms with E-state index in [1.165, 1.54) is 0 Å². The summed E-state index contributed by atoms with van der Waals surface area (Å²) in [4.78, 5) is 9.08. The molecule has 17 heavy (non-hydrogen) atoms. The monoisotopic (exact) mass is 249 g/mol. The van der Waals surface area contributed by atoms with Crippen LogP contribution in [0, 0.1) is 6.92 Å². The maximum atomic E-state index is 4.81. The highest BCUT2D eigenvalue weighted by atomic mass is 32.2. The van der Waals surface area contributed by atoms with Gasteiger partial charge in [0.25, 0.3) is 0 Å². The van der Waals surface area contributed by atoms with E-state index in [0.717, 1.165) is 35.1 Å². The third-order valence-corrected chi connectivity index (χ3v) is 4.14. The molecular formula is C13H19N3S. The van der Waals surface area contributed by atoms with Gasteiger partial charge in [-0.2, -0.15) is 0 Å². The van der Waals surface area contributed by atoms with Gasteiger partial charge in [0.05, 0.1) is 16.9 Å². The first-order valence-corrected chi connectivity index (χ1v) is 7.03. The third-order valence-electron chi connectivity index (χ3n) is 3.26. The summed E-state index contributed by atoms with van der Waals surface area (Å²) in [5, 5.41) is 4.41. The van der Waals surface area contributed by atoms with Crippen LogP contribution in [0.25, 0.3) is 0 Å². The average molecular weight is 249 g/mol. The number of aliphatic imine (C=N–C) groups is 1. The summed E-state index contributed by atoms with van der Waals surface area (Å²) >= 11 is 1.80. The van der Waals surface area contributed by atoms with Gasteiger partial charge in [0.2, 0.25) is 0 Å². The molecule has 0 saturated heterocycles. The van der Waals surface area contributed by atoms with Gasteiger partial charge in [0, 0.05) is 11.9 Å². The Labute approximate surface area is 107 Å². The van der Waals surface area contributed by atoms with E-state index in [-0.39, 0.29) is 5.54 Å². The second-order valence-corrected chi connectivity index (χ2v) is 5.71. The molecule has 2 rings (SSSR count). The van der Waals surface area contributed by atoms with Crippen LogP contribution in [0.5, 0.6) is 0 Å². The number of thioether (sulfide) groups is 1. The van der Waals surface area contributed by atoms with Crippen molar-refractivity contribution in [1.29, 1.82) is 0 Å². The van der Waals surface area contributed by atoms with Gasteiger partial charge in [0.1, 0.15) is 0 Å². The lowest BCUT2D eigenvalue weighted by Crippen LogP contribution is -2.29. The molecule has 3 nitrogen and oxygen atoms in total. The molecule has 1 aliphatic heterocycles. The zero-order valence-corrected chi connectivity index (χ0v) is 11.5. The van der Waals surface area contributed by atoms with Crippen LogP contribution in [0.4, 0.5) is 5.69 Å². The van der Waals surface area contributed by atoms with Crippen LogP contribution in [0.15, 0.2) is 23.3 Å². The number of amidine groups is 1. The smallest absolute Gasteiger partial charge is 0.161 e. The number of hydrogen-bond donors (Lipinski definition) is 1. The van der Waals surface area contributed by atoms with Crippen LogP contribution in [0.1, 0.15) is 32.4 Å². The van der Waals surface area contributed by atoms with Crippen molar-refractivity contribution in [3.8, 4) is 0 Å². The highest BCUT2D eigenvalue weighted by Gasteiger charge is 2.26. The number of nitrogens with one attached hydrogen (secondary N) is 1. The molecule has 0 amide bonds. The van der Waals surface area contributed by atoms with Crippen LogP contribution < -0.4 is 5.32 Å². The third kappa shape index (κ3) is 3.00. The average Bonchev–Trinajstić information content (AvgIpc) is 2.32. The zero-order valence-electron chi connectivity index (χ0n) is 10.7. The molecule has 1 aromatic rings. The molecule has 4 heteroatoms. The summed E-state index contributed by atoms with van der Waals surface area (Å²) in [6, 6.07) is 3.99. The van der Waals surface area contributed by atoms with E-state index in [1.807, 2.05) is 25.3 Å². The lowest BCUT2D eigenvalue weighted by atomic mass is 9.97. The van der Waals surface area contributed by atoms with E-state index < -0.39 is 0 Å². The SMILES string of the molecule is CCC1(C)CCSC(Nc2cccnc2C)=N1. The highest BCUT2D eigenvalue weighted by Crippen LogP contribution is 2.29. The van der Waals surface area contributed by atoms with Gasteiger partial charge in [-0.1, -0.05) is 18.7 Å². The van der Waals surface area contributed by atoms with Crippen molar-refractivity contribution in [3.05, 3.63) is 24.0 Å². The Hall–Kier alpha value is -1.03. The van der Waals surface area contributed by atoms with Crippen molar-refractivity contribution < 1.29 is 0 Å². The molecule has 0 aliphatic carbocycles. The van der Waals surface area contributed by atoms with Gasteiger partial charge in [0.15, 0.2) is 5.17 Å². The Balaban J connectivity index is 2.17. The number of aryl methyl sites for hydroxylation is 1. The number of nitrogens with zero attached hydrogens (tertiary/aromatic N) is 2. The van der Waals surface area contributed by atoms with Gasteiger partial charge >= 0.3 is 0 Å². The topological polar surface area (TPSA) is 37.3 Å². The van der Waals surface area contributed by atoms with Crippen molar-refractivity contribution in [2.24, 2.45) is 4.99 Å². The van der Waals surface area contributed by atoms with Gasteiger partial charge in [-0.25, -0.2) is 0 Å². The first-order chi connectivity index (χ1) is 8.13. The maximum Gasteiger partial charge on any atom is 0.161 e. The van der Waals surface area contributed by atoms with Crippen LogP contribution in [0.2, 0.25) is 0 Å². The van der Waals surface area contributed by atoms with Crippen molar-refractivity contribution in [2.75, 3.05) is 11.1 Å². The summed E-state index contributed by atoms with van der Waals surface area (Å²) in [7, 11) is 0. The fourth-order valence-electron chi connectivity index (χ4n) is 1.75. The molecule has 0 fully saturated rings. The predicted octanol–water partition coefficient (Wildman–Crippen LogP) is 3.46. The van der Waals surface area contributed by atoms with Crippen LogP contribution in [-0.2, 0) is 0 Å². The van der Waals surface area contributed by atoms with E-state index >= 15 is 0 Å². The van der Waals surface area contributed by atoms with E-state index in [9.17, 15) is 0 Å². The minimum Gasteiger partial charge on any atom is -0.333 e. The molecule has 1 unspecified atom stereocenters. The second-order valence-electron chi connectivity index (χ2n) is 4.63. The van der Waals surface area contributed by atoms with Gasteiger partial charge in [-0.3, -0.25) is 9.98 Å². The summed E-state index contributed by atoms with van der Waals surface area (Å²) in [6.07, 6.45) is 4.06. The number of anilines is 1. The quantitative estimate of drug-likeness (QED) is 0.872. The summed E-state index contributed by atoms with van der Waals surface area (Å²) in [5.74, 6) is 1.13. The second kappa shape index (κ2) is 5.08. The molecule has 92 valence electrons. The Morgan fingerprint density at radius 2 is 2.35 bits per heavy atom. The molecule has 0 bridgehead atoms. The van der Waals surface area contributed by atoms with E-state index in [4.69, 9.17) is 4.99 Å². The fourth-order valence-corrected chi connectivity index (χ4v) is 2.95. The highest BCUT2D eigenvalue weighted by molar-refractivity contribution is 8.14. The lowest BCUT2D eigenvalue weighted by molar-refractivity contribution is 0.443. The number of rotatable bonds is 2. The zero-order chi connectivity index (χ0) is 12.3. The maximum absolute atomic E-state index is 4.81. The first-order valence-electron chi connectivity index (χ1n) is 6.04. The Morgan fingerprint density at radius 1 is 1.53 bits per heavy atom. The molecule has 1 atom stereocenters. The van der Waals surface area contributed by atoms with Crippen LogP contribution in [0.3, 0.4) is 0 Å². The number of hydrogen-bond acceptors (Lipinski definition) is 4. The van der Waals surface area contributed by atoms with Gasteiger partial charge in [-0.05, 0) is 38.8 Å². The molecule has 2 heterocycles. The molecule has 1 aliphatic rings. The predicted molar refractivity (Wildman–Crippen MR) is 75.8 cm³/mol. The lowest BCUT2D eigenvalue weighted by Gasteiger charge is -2.29. The summed E-state index contributed by atoms with van der Waals surface area (Å²) < 4.78 is 0. The van der Waals surface area contributed by atoms with Crippen molar-refractivity contribution >= 4 is 22.6 Å². The summed E-state index contributed by atoms with van der Waals surface area (Å²) in [5.41, 5.74) is 2.17. The minimum absolute atomic E-state index is 0.101. The normalized spacial score (nSPS) is 24.3. The number of pyridine rings is 1. The molecule has 1 aromatic heterocycles. The largest absolute Gasteiger partial charge is 0.333 e. The fraction of sp³-hybridized carbons (Fsp3) is 0.538.